The summed E-state index contributed by atoms with van der Waals surface area (Å²) in [6.45, 7) is 0. The summed E-state index contributed by atoms with van der Waals surface area (Å²) >= 11 is 0. The highest BCUT2D eigenvalue weighted by Gasteiger charge is 2.21. The molecule has 0 radical (unpaired) electrons. The summed E-state index contributed by atoms with van der Waals surface area (Å²) in [6.07, 6.45) is 4.05. The van der Waals surface area contributed by atoms with Crippen molar-refractivity contribution in [1.82, 2.24) is 0 Å². The minimum atomic E-state index is -0.116. The largest absolute Gasteiger partial charge is 0.497 e. The first-order chi connectivity index (χ1) is 7.29. The van der Waals surface area contributed by atoms with Gasteiger partial charge < -0.3 is 9.84 Å². The number of ether oxygens (including phenoxy) is 1. The molecule has 2 heteroatoms. The summed E-state index contributed by atoms with van der Waals surface area (Å²) in [5.74, 6) is 1.41. The summed E-state index contributed by atoms with van der Waals surface area (Å²) in [6, 6.07) is 8.20. The van der Waals surface area contributed by atoms with E-state index in [1.807, 2.05) is 12.1 Å². The lowest BCUT2D eigenvalue weighted by Crippen LogP contribution is -2.18. The minimum absolute atomic E-state index is 0.116. The fraction of sp³-hybridized carbons (Fsp3) is 0.538. The van der Waals surface area contributed by atoms with Crippen LogP contribution in [0.2, 0.25) is 0 Å². The Morgan fingerprint density at radius 1 is 1.33 bits per heavy atom. The fourth-order valence-corrected chi connectivity index (χ4v) is 2.36. The van der Waals surface area contributed by atoms with Gasteiger partial charge in [0.25, 0.3) is 0 Å². The Morgan fingerprint density at radius 3 is 2.93 bits per heavy atom. The zero-order valence-electron chi connectivity index (χ0n) is 9.15. The maximum absolute atomic E-state index is 9.64. The Morgan fingerprint density at radius 2 is 2.20 bits per heavy atom. The van der Waals surface area contributed by atoms with Crippen LogP contribution in [0.5, 0.6) is 5.75 Å². The van der Waals surface area contributed by atoms with Gasteiger partial charge in [0.05, 0.1) is 13.2 Å². The quantitative estimate of drug-likeness (QED) is 0.806. The molecule has 1 aromatic carbocycles. The van der Waals surface area contributed by atoms with Crippen molar-refractivity contribution < 1.29 is 9.84 Å². The van der Waals surface area contributed by atoms with E-state index in [0.29, 0.717) is 5.92 Å². The number of aliphatic hydroxyl groups excluding tert-OH is 1. The van der Waals surface area contributed by atoms with Crippen LogP contribution in [-0.2, 0) is 0 Å². The molecule has 15 heavy (non-hydrogen) atoms. The zero-order chi connectivity index (χ0) is 10.7. The van der Waals surface area contributed by atoms with Crippen LogP contribution in [0, 0.1) is 0 Å². The molecule has 2 nitrogen and oxygen atoms in total. The number of hydrogen-bond donors (Lipinski definition) is 1. The highest BCUT2D eigenvalue weighted by Crippen LogP contribution is 2.33. The molecule has 1 fully saturated rings. The molecular weight excluding hydrogens is 188 g/mol. The molecule has 0 spiro atoms. The molecule has 82 valence electrons. The Kier molecular flexibility index (Phi) is 3.27. The van der Waals surface area contributed by atoms with Gasteiger partial charge in [0.1, 0.15) is 5.75 Å². The number of benzene rings is 1. The van der Waals surface area contributed by atoms with E-state index in [1.54, 1.807) is 7.11 Å². The molecule has 1 aromatic rings. The van der Waals surface area contributed by atoms with Crippen molar-refractivity contribution in [2.24, 2.45) is 0 Å². The van der Waals surface area contributed by atoms with E-state index in [0.717, 1.165) is 25.0 Å². The molecule has 0 saturated heterocycles. The van der Waals surface area contributed by atoms with Gasteiger partial charge in [-0.05, 0) is 42.9 Å². The summed E-state index contributed by atoms with van der Waals surface area (Å²) in [5, 5.41) is 9.64. The molecule has 0 bridgehead atoms. The molecule has 0 aromatic heterocycles. The van der Waals surface area contributed by atoms with Gasteiger partial charge in [-0.25, -0.2) is 0 Å². The van der Waals surface area contributed by atoms with Gasteiger partial charge in [0.2, 0.25) is 0 Å². The highest BCUT2D eigenvalue weighted by atomic mass is 16.5. The Bertz CT molecular complexity index is 322. The van der Waals surface area contributed by atoms with Crippen molar-refractivity contribution in [2.45, 2.75) is 37.7 Å². The molecule has 1 aliphatic rings. The summed E-state index contributed by atoms with van der Waals surface area (Å²) in [5.41, 5.74) is 1.30. The van der Waals surface area contributed by atoms with E-state index in [4.69, 9.17) is 4.74 Å². The number of hydrogen-bond acceptors (Lipinski definition) is 2. The lowest BCUT2D eigenvalue weighted by Gasteiger charge is -2.26. The summed E-state index contributed by atoms with van der Waals surface area (Å²) < 4.78 is 5.21. The maximum Gasteiger partial charge on any atom is 0.119 e. The second kappa shape index (κ2) is 4.67. The van der Waals surface area contributed by atoms with Crippen LogP contribution in [0.4, 0.5) is 0 Å². The van der Waals surface area contributed by atoms with Crippen molar-refractivity contribution in [1.29, 1.82) is 0 Å². The number of rotatable bonds is 2. The molecular formula is C13H18O2. The third-order valence-corrected chi connectivity index (χ3v) is 3.21. The topological polar surface area (TPSA) is 29.5 Å². The smallest absolute Gasteiger partial charge is 0.119 e. The van der Waals surface area contributed by atoms with E-state index >= 15 is 0 Å². The molecule has 2 unspecified atom stereocenters. The van der Waals surface area contributed by atoms with Crippen molar-refractivity contribution in [2.75, 3.05) is 7.11 Å². The summed E-state index contributed by atoms with van der Waals surface area (Å²) in [4.78, 5) is 0. The van der Waals surface area contributed by atoms with Crippen LogP contribution >= 0.6 is 0 Å². The van der Waals surface area contributed by atoms with Crippen LogP contribution in [-0.4, -0.2) is 18.3 Å². The van der Waals surface area contributed by atoms with Crippen LogP contribution in [0.15, 0.2) is 24.3 Å². The van der Waals surface area contributed by atoms with Crippen LogP contribution in [0.25, 0.3) is 0 Å². The molecule has 1 saturated carbocycles. The molecule has 1 N–H and O–H groups in total. The standard InChI is InChI=1S/C13H18O2/c1-15-13-7-3-5-11(9-13)10-4-2-6-12(14)8-10/h3,5,7,9-10,12,14H,2,4,6,8H2,1H3. The van der Waals surface area contributed by atoms with Gasteiger partial charge in [-0.3, -0.25) is 0 Å². The minimum Gasteiger partial charge on any atom is -0.497 e. The number of methoxy groups -OCH3 is 1. The van der Waals surface area contributed by atoms with Gasteiger partial charge in [-0.15, -0.1) is 0 Å². The first kappa shape index (κ1) is 10.5. The third kappa shape index (κ3) is 2.51. The van der Waals surface area contributed by atoms with Gasteiger partial charge in [-0.2, -0.15) is 0 Å². The van der Waals surface area contributed by atoms with Crippen molar-refractivity contribution >= 4 is 0 Å². The molecule has 2 atom stereocenters. The fourth-order valence-electron chi connectivity index (χ4n) is 2.36. The Hall–Kier alpha value is -1.02. The molecule has 2 rings (SSSR count). The highest BCUT2D eigenvalue weighted by molar-refractivity contribution is 5.31. The zero-order valence-corrected chi connectivity index (χ0v) is 9.15. The monoisotopic (exact) mass is 206 g/mol. The average Bonchev–Trinajstić information content (AvgIpc) is 2.29. The Labute approximate surface area is 90.9 Å². The van der Waals surface area contributed by atoms with Gasteiger partial charge in [0.15, 0.2) is 0 Å². The van der Waals surface area contributed by atoms with Gasteiger partial charge in [-0.1, -0.05) is 18.6 Å². The lowest BCUT2D eigenvalue weighted by molar-refractivity contribution is 0.119. The second-order valence-corrected chi connectivity index (χ2v) is 4.29. The summed E-state index contributed by atoms with van der Waals surface area (Å²) in [7, 11) is 1.69. The van der Waals surface area contributed by atoms with E-state index < -0.39 is 0 Å². The first-order valence-electron chi connectivity index (χ1n) is 5.61. The molecule has 1 aliphatic carbocycles. The molecule has 0 heterocycles. The second-order valence-electron chi connectivity index (χ2n) is 4.29. The van der Waals surface area contributed by atoms with E-state index in [-0.39, 0.29) is 6.10 Å². The number of aliphatic hydroxyl groups is 1. The van der Waals surface area contributed by atoms with E-state index in [9.17, 15) is 5.11 Å². The SMILES string of the molecule is COc1cccc(C2CCCC(O)C2)c1. The lowest BCUT2D eigenvalue weighted by atomic mass is 9.82. The molecule has 0 amide bonds. The van der Waals surface area contributed by atoms with Crippen LogP contribution in [0.1, 0.15) is 37.2 Å². The van der Waals surface area contributed by atoms with E-state index in [2.05, 4.69) is 12.1 Å². The van der Waals surface area contributed by atoms with Crippen LogP contribution < -0.4 is 4.74 Å². The average molecular weight is 206 g/mol. The predicted molar refractivity (Wildman–Crippen MR) is 60.2 cm³/mol. The van der Waals surface area contributed by atoms with Crippen molar-refractivity contribution in [3.8, 4) is 5.75 Å². The predicted octanol–water partition coefficient (Wildman–Crippen LogP) is 2.71. The van der Waals surface area contributed by atoms with Gasteiger partial charge >= 0.3 is 0 Å². The van der Waals surface area contributed by atoms with Crippen molar-refractivity contribution in [3.05, 3.63) is 29.8 Å². The maximum atomic E-state index is 9.64. The Balaban J connectivity index is 2.13. The van der Waals surface area contributed by atoms with Crippen LogP contribution in [0.3, 0.4) is 0 Å². The molecule has 0 aliphatic heterocycles. The normalized spacial score (nSPS) is 26.3. The van der Waals surface area contributed by atoms with E-state index in [1.165, 1.54) is 12.0 Å². The third-order valence-electron chi connectivity index (χ3n) is 3.21. The first-order valence-corrected chi connectivity index (χ1v) is 5.61. The van der Waals surface area contributed by atoms with Crippen molar-refractivity contribution in [3.63, 3.8) is 0 Å². The van der Waals surface area contributed by atoms with Gasteiger partial charge in [0, 0.05) is 0 Å².